The molecule has 10 nitrogen and oxygen atoms in total. The molecule has 1 saturated heterocycles. The molecule has 1 fully saturated rings. The Morgan fingerprint density at radius 1 is 1.04 bits per heavy atom. The van der Waals surface area contributed by atoms with E-state index in [1.165, 1.54) is 0 Å². The van der Waals surface area contributed by atoms with Gasteiger partial charge in [0.15, 0.2) is 0 Å². The third-order valence-corrected chi connectivity index (χ3v) is 11.4. The summed E-state index contributed by atoms with van der Waals surface area (Å²) in [5, 5.41) is 8.65. The summed E-state index contributed by atoms with van der Waals surface area (Å²) in [6, 6.07) is 17.9. The number of carbonyl (C=O) groups excluding carboxylic acids is 1. The SMILES string of the molecule is Cc1ccc(C(CC(=O)OC2CCCN(C)C2)c2ccc3c(nnn3C)c2C)cc1CN1CCN(C)c2ccccc2S1(O)O. The molecule has 2 aliphatic rings. The minimum absolute atomic E-state index is 0.108. The highest BCUT2D eigenvalue weighted by molar-refractivity contribution is 8.22. The fraction of sp³-hybridized carbons (Fsp3) is 0.441. The standard InChI is InChI=1S/C34H44N6O4S/c1-23-12-13-25(19-26(23)21-40-18-17-38(4)30-10-6-7-11-32(30)45(40,42)43)29(20-33(41)44-27-9-8-16-37(3)22-27)28-14-15-31-34(24(28)2)35-36-39(31)5/h6-7,10-15,19,27,29,42-43H,8-9,16-18,20-22H2,1-5H3. The van der Waals surface area contributed by atoms with Crippen LogP contribution in [0, 0.1) is 13.8 Å². The average molecular weight is 633 g/mol. The summed E-state index contributed by atoms with van der Waals surface area (Å²) < 4.78 is 32.8. The molecule has 0 radical (unpaired) electrons. The van der Waals surface area contributed by atoms with Gasteiger partial charge in [0.25, 0.3) is 0 Å². The number of carbonyl (C=O) groups is 1. The van der Waals surface area contributed by atoms with Crippen LogP contribution in [-0.2, 0) is 23.1 Å². The van der Waals surface area contributed by atoms with Crippen LogP contribution in [0.5, 0.6) is 0 Å². The summed E-state index contributed by atoms with van der Waals surface area (Å²) in [4.78, 5) is 18.4. The van der Waals surface area contributed by atoms with Crippen LogP contribution in [0.25, 0.3) is 11.0 Å². The predicted octanol–water partition coefficient (Wildman–Crippen LogP) is 5.72. The number of piperidine rings is 1. The van der Waals surface area contributed by atoms with Gasteiger partial charge in [0.2, 0.25) is 0 Å². The van der Waals surface area contributed by atoms with Gasteiger partial charge in [-0.15, -0.1) is 15.9 Å². The molecule has 0 bridgehead atoms. The third kappa shape index (κ3) is 6.32. The number of para-hydroxylation sites is 1. The smallest absolute Gasteiger partial charge is 0.307 e. The lowest BCUT2D eigenvalue weighted by molar-refractivity contribution is -0.151. The van der Waals surface area contributed by atoms with E-state index >= 15 is 0 Å². The van der Waals surface area contributed by atoms with E-state index in [2.05, 4.69) is 51.4 Å². The first kappa shape index (κ1) is 31.5. The Morgan fingerprint density at radius 2 is 1.84 bits per heavy atom. The van der Waals surface area contributed by atoms with Gasteiger partial charge in [-0.3, -0.25) is 13.9 Å². The predicted molar refractivity (Wildman–Crippen MR) is 179 cm³/mol. The van der Waals surface area contributed by atoms with Crippen molar-refractivity contribution < 1.29 is 18.6 Å². The highest BCUT2D eigenvalue weighted by Gasteiger charge is 2.33. The summed E-state index contributed by atoms with van der Waals surface area (Å²) in [6.45, 7) is 7.36. The van der Waals surface area contributed by atoms with E-state index < -0.39 is 10.8 Å². The first-order valence-corrected chi connectivity index (χ1v) is 17.1. The minimum Gasteiger partial charge on any atom is -0.461 e. The number of likely N-dealkylation sites (N-methyl/N-ethyl adjacent to an activating group) is 2. The number of aryl methyl sites for hydroxylation is 3. The zero-order valence-corrected chi connectivity index (χ0v) is 27.6. The molecule has 6 rings (SSSR count). The average Bonchev–Trinajstić information content (AvgIpc) is 3.36. The van der Waals surface area contributed by atoms with Gasteiger partial charge in [0.1, 0.15) is 11.6 Å². The van der Waals surface area contributed by atoms with E-state index in [9.17, 15) is 13.9 Å². The van der Waals surface area contributed by atoms with Crippen LogP contribution in [0.2, 0.25) is 0 Å². The quantitative estimate of drug-likeness (QED) is 0.247. The lowest BCUT2D eigenvalue weighted by atomic mass is 9.84. The highest BCUT2D eigenvalue weighted by Crippen LogP contribution is 2.56. The van der Waals surface area contributed by atoms with Crippen molar-refractivity contribution in [2.24, 2.45) is 7.05 Å². The van der Waals surface area contributed by atoms with Gasteiger partial charge in [0, 0.05) is 46.2 Å². The Kier molecular flexibility index (Phi) is 8.91. The Morgan fingerprint density at radius 3 is 2.64 bits per heavy atom. The molecule has 2 unspecified atom stereocenters. The second-order valence-corrected chi connectivity index (χ2v) is 14.6. The zero-order chi connectivity index (χ0) is 31.9. The molecule has 11 heteroatoms. The van der Waals surface area contributed by atoms with Crippen molar-refractivity contribution in [2.75, 3.05) is 45.2 Å². The lowest BCUT2D eigenvalue weighted by Gasteiger charge is -2.42. The number of hydrogen-bond donors (Lipinski definition) is 2. The summed E-state index contributed by atoms with van der Waals surface area (Å²) in [6.07, 6.45) is 1.97. The van der Waals surface area contributed by atoms with Crippen LogP contribution in [0.4, 0.5) is 5.69 Å². The van der Waals surface area contributed by atoms with Gasteiger partial charge in [-0.05, 0) is 86.3 Å². The molecule has 2 atom stereocenters. The van der Waals surface area contributed by atoms with Gasteiger partial charge < -0.3 is 14.5 Å². The van der Waals surface area contributed by atoms with Gasteiger partial charge in [0.05, 0.1) is 22.5 Å². The summed E-state index contributed by atoms with van der Waals surface area (Å²) >= 11 is 0. The largest absolute Gasteiger partial charge is 0.461 e. The number of rotatable bonds is 7. The van der Waals surface area contributed by atoms with Gasteiger partial charge in [-0.1, -0.05) is 41.6 Å². The van der Waals surface area contributed by atoms with E-state index in [1.807, 2.05) is 52.2 Å². The fourth-order valence-electron chi connectivity index (χ4n) is 6.74. The van der Waals surface area contributed by atoms with Crippen LogP contribution in [0.3, 0.4) is 0 Å². The van der Waals surface area contributed by atoms with Crippen LogP contribution < -0.4 is 4.90 Å². The van der Waals surface area contributed by atoms with E-state index in [0.717, 1.165) is 70.5 Å². The number of anilines is 1. The van der Waals surface area contributed by atoms with Crippen molar-refractivity contribution in [3.8, 4) is 0 Å². The second-order valence-electron chi connectivity index (χ2n) is 12.6. The van der Waals surface area contributed by atoms with Crippen molar-refractivity contribution in [1.82, 2.24) is 24.2 Å². The molecule has 3 aromatic carbocycles. The van der Waals surface area contributed by atoms with Crippen molar-refractivity contribution in [1.29, 1.82) is 0 Å². The number of benzene rings is 3. The Labute approximate surface area is 267 Å². The molecule has 2 N–H and O–H groups in total. The molecule has 0 spiro atoms. The van der Waals surface area contributed by atoms with Crippen LogP contribution in [0.1, 0.15) is 53.0 Å². The summed E-state index contributed by atoms with van der Waals surface area (Å²) in [7, 11) is 2.69. The van der Waals surface area contributed by atoms with E-state index in [-0.39, 0.29) is 24.4 Å². The Balaban J connectivity index is 1.35. The number of fused-ring (bicyclic) bond motifs is 2. The summed E-state index contributed by atoms with van der Waals surface area (Å²) in [5.41, 5.74) is 7.59. The molecule has 240 valence electrons. The molecule has 0 saturated carbocycles. The van der Waals surface area contributed by atoms with Crippen molar-refractivity contribution in [3.05, 3.63) is 82.4 Å². The maximum Gasteiger partial charge on any atom is 0.307 e. The van der Waals surface area contributed by atoms with Gasteiger partial charge in [-0.25, -0.2) is 4.68 Å². The number of esters is 1. The van der Waals surface area contributed by atoms with Crippen molar-refractivity contribution in [2.45, 2.75) is 56.6 Å². The van der Waals surface area contributed by atoms with Crippen molar-refractivity contribution in [3.63, 3.8) is 0 Å². The minimum atomic E-state index is -3.23. The fourth-order valence-corrected chi connectivity index (χ4v) is 8.44. The molecule has 3 heterocycles. The van der Waals surface area contributed by atoms with Crippen molar-refractivity contribution >= 4 is 33.5 Å². The number of hydrogen-bond acceptors (Lipinski definition) is 9. The van der Waals surface area contributed by atoms with Crippen LogP contribution in [0.15, 0.2) is 59.5 Å². The first-order valence-electron chi connectivity index (χ1n) is 15.6. The van der Waals surface area contributed by atoms with Crippen LogP contribution in [-0.4, -0.2) is 85.7 Å². The van der Waals surface area contributed by atoms with E-state index in [4.69, 9.17) is 4.74 Å². The zero-order valence-electron chi connectivity index (χ0n) is 26.8. The number of nitrogens with zero attached hydrogens (tertiary/aromatic N) is 6. The maximum atomic E-state index is 13.5. The molecular weight excluding hydrogens is 588 g/mol. The molecule has 1 aromatic heterocycles. The highest BCUT2D eigenvalue weighted by atomic mass is 32.3. The van der Waals surface area contributed by atoms with Gasteiger partial charge >= 0.3 is 5.97 Å². The molecule has 2 aliphatic heterocycles. The molecule has 0 amide bonds. The topological polar surface area (TPSA) is 107 Å². The van der Waals surface area contributed by atoms with E-state index in [0.29, 0.717) is 24.5 Å². The number of ether oxygens (including phenoxy) is 1. The maximum absolute atomic E-state index is 13.5. The van der Waals surface area contributed by atoms with Gasteiger partial charge in [-0.2, -0.15) is 4.31 Å². The second kappa shape index (κ2) is 12.7. The Hall–Kier alpha value is -3.48. The lowest BCUT2D eigenvalue weighted by Crippen LogP contribution is -2.38. The molecule has 45 heavy (non-hydrogen) atoms. The molecule has 0 aliphatic carbocycles. The molecular formula is C34H44N6O4S. The first-order chi connectivity index (χ1) is 21.5. The number of aromatic nitrogens is 3. The Bertz CT molecular complexity index is 1710. The normalized spacial score (nSPS) is 20.4. The monoisotopic (exact) mass is 632 g/mol. The van der Waals surface area contributed by atoms with Crippen LogP contribution >= 0.6 is 10.8 Å². The third-order valence-electron chi connectivity index (χ3n) is 9.44. The number of likely N-dealkylation sites (tertiary alicyclic amines) is 1. The molecule has 4 aromatic rings. The van der Waals surface area contributed by atoms with E-state index in [1.54, 1.807) is 15.1 Å². The summed E-state index contributed by atoms with van der Waals surface area (Å²) in [5.74, 6) is -0.497.